The Morgan fingerprint density at radius 1 is 1.57 bits per heavy atom. The van der Waals surface area contributed by atoms with Crippen molar-refractivity contribution >= 4 is 5.91 Å². The number of methoxy groups -OCH3 is 1. The van der Waals surface area contributed by atoms with Gasteiger partial charge in [-0.2, -0.15) is 0 Å². The Balaban J connectivity index is 2.24. The van der Waals surface area contributed by atoms with Gasteiger partial charge in [-0.3, -0.25) is 4.79 Å². The summed E-state index contributed by atoms with van der Waals surface area (Å²) in [5.41, 5.74) is 0. The van der Waals surface area contributed by atoms with E-state index in [4.69, 9.17) is 4.74 Å². The molecule has 0 unspecified atom stereocenters. The second-order valence-electron chi connectivity index (χ2n) is 3.75. The third-order valence-corrected chi connectivity index (χ3v) is 2.83. The molecule has 1 amide bonds. The lowest BCUT2D eigenvalue weighted by Crippen LogP contribution is -2.37. The standard InChI is InChI=1S/C11H19NO2/c1-3-11(13)12-7-4-10(5-8-12)6-9-14-2/h3,10H,1,4-9H2,2H3. The summed E-state index contributed by atoms with van der Waals surface area (Å²) in [6, 6.07) is 0. The van der Waals surface area contributed by atoms with Gasteiger partial charge >= 0.3 is 0 Å². The van der Waals surface area contributed by atoms with Gasteiger partial charge in [0.25, 0.3) is 0 Å². The first kappa shape index (κ1) is 11.2. The van der Waals surface area contributed by atoms with Crippen molar-refractivity contribution in [1.82, 2.24) is 4.90 Å². The molecular formula is C11H19NO2. The number of amides is 1. The van der Waals surface area contributed by atoms with E-state index in [9.17, 15) is 4.79 Å². The number of rotatable bonds is 4. The fraction of sp³-hybridized carbons (Fsp3) is 0.727. The van der Waals surface area contributed by atoms with Crippen molar-refractivity contribution in [2.45, 2.75) is 19.3 Å². The van der Waals surface area contributed by atoms with Crippen molar-refractivity contribution in [3.05, 3.63) is 12.7 Å². The lowest BCUT2D eigenvalue weighted by Gasteiger charge is -2.31. The summed E-state index contributed by atoms with van der Waals surface area (Å²) in [4.78, 5) is 13.1. The van der Waals surface area contributed by atoms with Gasteiger partial charge in [-0.05, 0) is 31.3 Å². The van der Waals surface area contributed by atoms with Gasteiger partial charge in [-0.15, -0.1) is 0 Å². The molecule has 3 heteroatoms. The number of hydrogen-bond donors (Lipinski definition) is 0. The van der Waals surface area contributed by atoms with Crippen LogP contribution < -0.4 is 0 Å². The molecule has 1 rings (SSSR count). The number of ether oxygens (including phenoxy) is 1. The SMILES string of the molecule is C=CC(=O)N1CCC(CCOC)CC1. The maximum absolute atomic E-state index is 11.3. The van der Waals surface area contributed by atoms with Crippen molar-refractivity contribution in [3.8, 4) is 0 Å². The average molecular weight is 197 g/mol. The molecule has 0 aromatic heterocycles. The van der Waals surface area contributed by atoms with Crippen molar-refractivity contribution in [3.63, 3.8) is 0 Å². The van der Waals surface area contributed by atoms with E-state index in [1.54, 1.807) is 7.11 Å². The van der Waals surface area contributed by atoms with Crippen LogP contribution in [0.15, 0.2) is 12.7 Å². The maximum Gasteiger partial charge on any atom is 0.245 e. The Labute approximate surface area is 85.7 Å². The van der Waals surface area contributed by atoms with Gasteiger partial charge in [0.1, 0.15) is 0 Å². The van der Waals surface area contributed by atoms with Gasteiger partial charge in [0, 0.05) is 26.8 Å². The van der Waals surface area contributed by atoms with Crippen LogP contribution >= 0.6 is 0 Å². The molecule has 0 N–H and O–H groups in total. The first-order chi connectivity index (χ1) is 6.77. The summed E-state index contributed by atoms with van der Waals surface area (Å²) in [6.45, 7) is 6.08. The Bertz CT molecular complexity index is 195. The van der Waals surface area contributed by atoms with E-state index in [2.05, 4.69) is 6.58 Å². The summed E-state index contributed by atoms with van der Waals surface area (Å²) in [5, 5.41) is 0. The molecule has 0 saturated carbocycles. The quantitative estimate of drug-likeness (QED) is 0.638. The molecule has 80 valence electrons. The number of hydrogen-bond acceptors (Lipinski definition) is 2. The molecule has 0 spiro atoms. The average Bonchev–Trinajstić information content (AvgIpc) is 2.26. The minimum atomic E-state index is 0.0650. The minimum Gasteiger partial charge on any atom is -0.385 e. The van der Waals surface area contributed by atoms with Crippen LogP contribution in [-0.4, -0.2) is 37.6 Å². The summed E-state index contributed by atoms with van der Waals surface area (Å²) in [5.74, 6) is 0.791. The fourth-order valence-corrected chi connectivity index (χ4v) is 1.86. The predicted octanol–water partition coefficient (Wildman–Crippen LogP) is 1.45. The smallest absolute Gasteiger partial charge is 0.245 e. The second-order valence-corrected chi connectivity index (χ2v) is 3.75. The van der Waals surface area contributed by atoms with Crippen LogP contribution in [0.5, 0.6) is 0 Å². The Morgan fingerprint density at radius 2 is 2.21 bits per heavy atom. The van der Waals surface area contributed by atoms with E-state index in [1.165, 1.54) is 6.08 Å². The highest BCUT2D eigenvalue weighted by atomic mass is 16.5. The van der Waals surface area contributed by atoms with E-state index in [-0.39, 0.29) is 5.91 Å². The molecule has 1 heterocycles. The molecular weight excluding hydrogens is 178 g/mol. The first-order valence-corrected chi connectivity index (χ1v) is 5.18. The number of likely N-dealkylation sites (tertiary alicyclic amines) is 1. The van der Waals surface area contributed by atoms with Gasteiger partial charge in [-0.25, -0.2) is 0 Å². The highest BCUT2D eigenvalue weighted by Gasteiger charge is 2.20. The normalized spacial score (nSPS) is 18.2. The minimum absolute atomic E-state index is 0.0650. The highest BCUT2D eigenvalue weighted by molar-refractivity contribution is 5.87. The summed E-state index contributed by atoms with van der Waals surface area (Å²) >= 11 is 0. The molecule has 3 nitrogen and oxygen atoms in total. The van der Waals surface area contributed by atoms with Gasteiger partial charge in [0.05, 0.1) is 0 Å². The van der Waals surface area contributed by atoms with Crippen LogP contribution in [0.2, 0.25) is 0 Å². The molecule has 0 radical (unpaired) electrons. The van der Waals surface area contributed by atoms with Gasteiger partial charge < -0.3 is 9.64 Å². The summed E-state index contributed by atoms with van der Waals surface area (Å²) in [7, 11) is 1.73. The molecule has 1 aliphatic rings. The monoisotopic (exact) mass is 197 g/mol. The van der Waals surface area contributed by atoms with E-state index >= 15 is 0 Å². The fourth-order valence-electron chi connectivity index (χ4n) is 1.86. The molecule has 1 aliphatic heterocycles. The van der Waals surface area contributed by atoms with Crippen LogP contribution in [0.25, 0.3) is 0 Å². The first-order valence-electron chi connectivity index (χ1n) is 5.18. The predicted molar refractivity (Wildman–Crippen MR) is 56.0 cm³/mol. The largest absolute Gasteiger partial charge is 0.385 e. The third-order valence-electron chi connectivity index (χ3n) is 2.83. The van der Waals surface area contributed by atoms with Crippen LogP contribution in [0.4, 0.5) is 0 Å². The number of piperidine rings is 1. The molecule has 0 atom stereocenters. The Hall–Kier alpha value is -0.830. The molecule has 0 aliphatic carbocycles. The lowest BCUT2D eigenvalue weighted by atomic mass is 9.94. The molecule has 14 heavy (non-hydrogen) atoms. The van der Waals surface area contributed by atoms with Gasteiger partial charge in [0.2, 0.25) is 5.91 Å². The Morgan fingerprint density at radius 3 is 2.71 bits per heavy atom. The molecule has 0 aromatic carbocycles. The molecule has 0 aromatic rings. The van der Waals surface area contributed by atoms with Crippen molar-refractivity contribution in [1.29, 1.82) is 0 Å². The van der Waals surface area contributed by atoms with Crippen molar-refractivity contribution in [2.75, 3.05) is 26.8 Å². The number of carbonyl (C=O) groups excluding carboxylic acids is 1. The van der Waals surface area contributed by atoms with Crippen LogP contribution in [-0.2, 0) is 9.53 Å². The molecule has 1 fully saturated rings. The molecule has 1 saturated heterocycles. The van der Waals surface area contributed by atoms with E-state index < -0.39 is 0 Å². The highest BCUT2D eigenvalue weighted by Crippen LogP contribution is 2.20. The van der Waals surface area contributed by atoms with Gasteiger partial charge in [0.15, 0.2) is 0 Å². The zero-order valence-corrected chi connectivity index (χ0v) is 8.87. The third kappa shape index (κ3) is 3.14. The molecule has 0 bridgehead atoms. The summed E-state index contributed by atoms with van der Waals surface area (Å²) < 4.78 is 5.04. The van der Waals surface area contributed by atoms with Crippen molar-refractivity contribution in [2.24, 2.45) is 5.92 Å². The van der Waals surface area contributed by atoms with E-state index in [1.807, 2.05) is 4.90 Å². The maximum atomic E-state index is 11.3. The van der Waals surface area contributed by atoms with Crippen molar-refractivity contribution < 1.29 is 9.53 Å². The van der Waals surface area contributed by atoms with E-state index in [0.29, 0.717) is 0 Å². The van der Waals surface area contributed by atoms with Gasteiger partial charge in [-0.1, -0.05) is 6.58 Å². The number of nitrogens with zero attached hydrogens (tertiary/aromatic N) is 1. The summed E-state index contributed by atoms with van der Waals surface area (Å²) in [6.07, 6.45) is 4.72. The number of carbonyl (C=O) groups is 1. The second kappa shape index (κ2) is 5.81. The topological polar surface area (TPSA) is 29.5 Å². The van der Waals surface area contributed by atoms with E-state index in [0.717, 1.165) is 44.9 Å². The van der Waals surface area contributed by atoms with Crippen LogP contribution in [0.3, 0.4) is 0 Å². The zero-order valence-electron chi connectivity index (χ0n) is 8.87. The van der Waals surface area contributed by atoms with Crippen LogP contribution in [0, 0.1) is 5.92 Å². The Kier molecular flexibility index (Phi) is 4.66. The van der Waals surface area contributed by atoms with Crippen LogP contribution in [0.1, 0.15) is 19.3 Å². The lowest BCUT2D eigenvalue weighted by molar-refractivity contribution is -0.127. The zero-order chi connectivity index (χ0) is 10.4.